The molecule has 1 unspecified atom stereocenters. The van der Waals surface area contributed by atoms with Crippen molar-refractivity contribution in [3.8, 4) is 17.2 Å². The van der Waals surface area contributed by atoms with Gasteiger partial charge in [-0.25, -0.2) is 4.98 Å². The molecule has 3 aromatic carbocycles. The van der Waals surface area contributed by atoms with Gasteiger partial charge in [-0.3, -0.25) is 14.5 Å². The maximum absolute atomic E-state index is 13.7. The van der Waals surface area contributed by atoms with Gasteiger partial charge in [0.05, 0.1) is 41.7 Å². The average molecular weight is 601 g/mol. The van der Waals surface area contributed by atoms with Gasteiger partial charge in [0.15, 0.2) is 5.13 Å². The van der Waals surface area contributed by atoms with Gasteiger partial charge in [-0.05, 0) is 85.8 Å². The van der Waals surface area contributed by atoms with Gasteiger partial charge in [0.25, 0.3) is 5.78 Å². The van der Waals surface area contributed by atoms with Crippen molar-refractivity contribution < 1.29 is 28.9 Å². The van der Waals surface area contributed by atoms with Gasteiger partial charge in [-0.15, -0.1) is 0 Å². The number of thiazole rings is 1. The van der Waals surface area contributed by atoms with E-state index in [2.05, 4.69) is 13.8 Å². The van der Waals surface area contributed by atoms with Crippen LogP contribution in [0.25, 0.3) is 16.0 Å². The van der Waals surface area contributed by atoms with Crippen molar-refractivity contribution in [3.05, 3.63) is 83.4 Å². The minimum Gasteiger partial charge on any atom is -0.507 e. The number of fused-ring (bicyclic) bond motifs is 1. The predicted molar refractivity (Wildman–Crippen MR) is 169 cm³/mol. The van der Waals surface area contributed by atoms with Crippen LogP contribution in [0.15, 0.2) is 72.3 Å². The molecule has 8 nitrogen and oxygen atoms in total. The minimum atomic E-state index is -0.920. The molecule has 0 radical (unpaired) electrons. The van der Waals surface area contributed by atoms with E-state index in [9.17, 15) is 14.7 Å². The highest BCUT2D eigenvalue weighted by atomic mass is 32.1. The molecule has 1 aromatic heterocycles. The van der Waals surface area contributed by atoms with Crippen LogP contribution in [-0.2, 0) is 9.59 Å². The summed E-state index contributed by atoms with van der Waals surface area (Å²) in [5, 5.41) is 11.9. The molecule has 5 rings (SSSR count). The summed E-state index contributed by atoms with van der Waals surface area (Å²) in [5.41, 5.74) is 1.69. The predicted octanol–water partition coefficient (Wildman–Crippen LogP) is 7.54. The Bertz CT molecular complexity index is 1640. The van der Waals surface area contributed by atoms with Crippen molar-refractivity contribution in [1.82, 2.24) is 4.98 Å². The van der Waals surface area contributed by atoms with Crippen molar-refractivity contribution in [2.45, 2.75) is 46.6 Å². The van der Waals surface area contributed by atoms with Gasteiger partial charge < -0.3 is 19.3 Å². The number of anilines is 1. The third-order valence-corrected chi connectivity index (χ3v) is 8.07. The van der Waals surface area contributed by atoms with E-state index >= 15 is 0 Å². The first kappa shape index (κ1) is 30.1. The van der Waals surface area contributed by atoms with Crippen molar-refractivity contribution in [2.75, 3.05) is 24.7 Å². The third-order valence-electron chi connectivity index (χ3n) is 7.05. The van der Waals surface area contributed by atoms with Gasteiger partial charge >= 0.3 is 5.91 Å². The number of benzene rings is 3. The normalized spacial score (nSPS) is 16.3. The number of ketones is 1. The SMILES string of the molecule is CCCOc1ccc(C(O)=C2C(=O)C(=O)N(c3nc4ccc(OCC)cc4s3)C2c2cccc(OCCC(C)C)c2)cc1. The van der Waals surface area contributed by atoms with Gasteiger partial charge in [0.1, 0.15) is 23.0 Å². The summed E-state index contributed by atoms with van der Waals surface area (Å²) >= 11 is 1.29. The number of rotatable bonds is 12. The number of hydrogen-bond acceptors (Lipinski definition) is 8. The maximum atomic E-state index is 13.7. The molecule has 1 saturated heterocycles. The highest BCUT2D eigenvalue weighted by Gasteiger charge is 2.48. The van der Waals surface area contributed by atoms with Crippen LogP contribution >= 0.6 is 11.3 Å². The fourth-order valence-corrected chi connectivity index (χ4v) is 5.89. The lowest BCUT2D eigenvalue weighted by molar-refractivity contribution is -0.132. The number of carbonyl (C=O) groups is 2. The summed E-state index contributed by atoms with van der Waals surface area (Å²) in [5.74, 6) is 0.643. The van der Waals surface area contributed by atoms with Crippen LogP contribution in [0.5, 0.6) is 17.2 Å². The first-order valence-corrected chi connectivity index (χ1v) is 15.4. The number of hydrogen-bond donors (Lipinski definition) is 1. The van der Waals surface area contributed by atoms with E-state index in [0.29, 0.717) is 64.8 Å². The van der Waals surface area contributed by atoms with E-state index in [1.54, 1.807) is 24.3 Å². The molecule has 1 aliphatic heterocycles. The van der Waals surface area contributed by atoms with Gasteiger partial charge in [-0.1, -0.05) is 44.2 Å². The Labute approximate surface area is 255 Å². The van der Waals surface area contributed by atoms with Gasteiger partial charge in [0, 0.05) is 5.56 Å². The zero-order valence-corrected chi connectivity index (χ0v) is 25.6. The molecule has 0 spiro atoms. The molecule has 1 N–H and O–H groups in total. The standard InChI is InChI=1S/C34H36N2O6S/c1-5-17-41-24-12-10-22(11-13-24)31(37)29-30(23-8-7-9-25(19-23)42-18-16-21(3)4)36(33(39)32(29)38)34-35-27-15-14-26(40-6-2)20-28(27)43-34/h7-15,19-21,30,37H,5-6,16-18H2,1-4H3. The van der Waals surface area contributed by atoms with E-state index in [-0.39, 0.29) is 11.3 Å². The third kappa shape index (κ3) is 6.51. The Morgan fingerprint density at radius 2 is 1.65 bits per heavy atom. The summed E-state index contributed by atoms with van der Waals surface area (Å²) in [6, 6.07) is 18.8. The molecule has 1 atom stereocenters. The lowest BCUT2D eigenvalue weighted by atomic mass is 9.95. The van der Waals surface area contributed by atoms with Crippen LogP contribution in [-0.4, -0.2) is 41.6 Å². The van der Waals surface area contributed by atoms with Crippen LogP contribution < -0.4 is 19.1 Å². The van der Waals surface area contributed by atoms with E-state index in [4.69, 9.17) is 19.2 Å². The largest absolute Gasteiger partial charge is 0.507 e. The smallest absolute Gasteiger partial charge is 0.301 e. The zero-order chi connectivity index (χ0) is 30.5. The Hall–Kier alpha value is -4.37. The number of carbonyl (C=O) groups excluding carboxylic acids is 2. The molecule has 1 aliphatic rings. The summed E-state index contributed by atoms with van der Waals surface area (Å²) < 4.78 is 18.1. The molecule has 0 aliphatic carbocycles. The van der Waals surface area contributed by atoms with E-state index in [1.165, 1.54) is 16.2 Å². The maximum Gasteiger partial charge on any atom is 0.301 e. The molecular weight excluding hydrogens is 564 g/mol. The number of aliphatic hydroxyl groups excluding tert-OH is 1. The monoisotopic (exact) mass is 600 g/mol. The molecular formula is C34H36N2O6S. The molecule has 43 heavy (non-hydrogen) atoms. The zero-order valence-electron chi connectivity index (χ0n) is 24.8. The van der Waals surface area contributed by atoms with Crippen LogP contribution in [0.4, 0.5) is 5.13 Å². The lowest BCUT2D eigenvalue weighted by Crippen LogP contribution is -2.29. The van der Waals surface area contributed by atoms with Gasteiger partial charge in [0.2, 0.25) is 0 Å². The topological polar surface area (TPSA) is 98.2 Å². The second-order valence-corrected chi connectivity index (χ2v) is 11.7. The fraction of sp³-hybridized carbons (Fsp3) is 0.324. The number of aromatic nitrogens is 1. The first-order chi connectivity index (χ1) is 20.8. The first-order valence-electron chi connectivity index (χ1n) is 14.6. The molecule has 0 saturated carbocycles. The number of Topliss-reactive ketones (excluding diaryl/α,β-unsaturated/α-hetero) is 1. The number of amides is 1. The Balaban J connectivity index is 1.60. The van der Waals surface area contributed by atoms with Crippen molar-refractivity contribution in [3.63, 3.8) is 0 Å². The lowest BCUT2D eigenvalue weighted by Gasteiger charge is -2.23. The number of aliphatic hydroxyl groups is 1. The van der Waals surface area contributed by atoms with Gasteiger partial charge in [-0.2, -0.15) is 0 Å². The highest BCUT2D eigenvalue weighted by Crippen LogP contribution is 2.45. The van der Waals surface area contributed by atoms with E-state index in [1.807, 2.05) is 56.3 Å². The summed E-state index contributed by atoms with van der Waals surface area (Å²) in [6.45, 7) is 9.82. The second kappa shape index (κ2) is 13.3. The van der Waals surface area contributed by atoms with Crippen LogP contribution in [0, 0.1) is 5.92 Å². The van der Waals surface area contributed by atoms with Crippen LogP contribution in [0.2, 0.25) is 0 Å². The van der Waals surface area contributed by atoms with Crippen LogP contribution in [0.3, 0.4) is 0 Å². The highest BCUT2D eigenvalue weighted by molar-refractivity contribution is 7.22. The molecule has 1 fully saturated rings. The average Bonchev–Trinajstić information content (AvgIpc) is 3.53. The molecule has 224 valence electrons. The summed E-state index contributed by atoms with van der Waals surface area (Å²) in [6.07, 6.45) is 1.75. The summed E-state index contributed by atoms with van der Waals surface area (Å²) in [7, 11) is 0. The molecule has 1 amide bonds. The Kier molecular flexibility index (Phi) is 9.31. The molecule has 9 heteroatoms. The Morgan fingerprint density at radius 1 is 0.930 bits per heavy atom. The number of ether oxygens (including phenoxy) is 3. The van der Waals surface area contributed by atoms with Crippen molar-refractivity contribution in [1.29, 1.82) is 0 Å². The van der Waals surface area contributed by atoms with Crippen LogP contribution in [0.1, 0.15) is 57.7 Å². The second-order valence-electron chi connectivity index (χ2n) is 10.7. The molecule has 0 bridgehead atoms. The van der Waals surface area contributed by atoms with Crippen molar-refractivity contribution >= 4 is 44.1 Å². The van der Waals surface area contributed by atoms with E-state index < -0.39 is 17.7 Å². The number of nitrogens with zero attached hydrogens (tertiary/aromatic N) is 2. The van der Waals surface area contributed by atoms with Crippen molar-refractivity contribution in [2.24, 2.45) is 5.92 Å². The molecule has 4 aromatic rings. The quantitative estimate of drug-likeness (QED) is 0.102. The summed E-state index contributed by atoms with van der Waals surface area (Å²) in [4.78, 5) is 33.5. The Morgan fingerprint density at radius 3 is 2.37 bits per heavy atom. The molecule has 2 heterocycles. The van der Waals surface area contributed by atoms with E-state index in [0.717, 1.165) is 17.5 Å². The fourth-order valence-electron chi connectivity index (χ4n) is 4.87. The minimum absolute atomic E-state index is 0.0131.